The molecule has 0 radical (unpaired) electrons. The summed E-state index contributed by atoms with van der Waals surface area (Å²) in [6, 6.07) is 9.36. The highest BCUT2D eigenvalue weighted by molar-refractivity contribution is 6.74. The van der Waals surface area contributed by atoms with Crippen molar-refractivity contribution in [1.29, 1.82) is 5.26 Å². The fraction of sp³-hybridized carbons (Fsp3) is 0.586. The van der Waals surface area contributed by atoms with Gasteiger partial charge in [-0.2, -0.15) is 5.26 Å². The number of nitrogens with zero attached hydrogens (tertiary/aromatic N) is 5. The minimum Gasteiger partial charge on any atom is -0.414 e. The molecule has 0 saturated carbocycles. The van der Waals surface area contributed by atoms with Gasteiger partial charge in [-0.05, 0) is 60.5 Å². The van der Waals surface area contributed by atoms with Crippen LogP contribution in [0.4, 0.5) is 11.5 Å². The van der Waals surface area contributed by atoms with Gasteiger partial charge in [-0.15, -0.1) is 0 Å². The van der Waals surface area contributed by atoms with Crippen molar-refractivity contribution in [3.05, 3.63) is 42.5 Å². The van der Waals surface area contributed by atoms with Crippen LogP contribution in [0.1, 0.15) is 59.8 Å². The quantitative estimate of drug-likeness (QED) is 0.280. The van der Waals surface area contributed by atoms with E-state index in [9.17, 15) is 0 Å². The number of hydrogen-bond acceptors (Lipinski definition) is 8. The lowest BCUT2D eigenvalue weighted by Gasteiger charge is -2.40. The standard InChI is InChI=1S/C29H44N6O3Si2/c1-28(2,3)39(7,8)36-17-23-22(38-40(9,10)29(4,5)6)15-24(37-23)35-19-33-25-26(31-18-32-27(25)35)34-21-13-11-20(16-30)12-14-21/h11-14,18-19,22-24H,15,17H2,1-10H3,(H,31,32,34)/t22-,23+,24+/m0/s1. The largest absolute Gasteiger partial charge is 0.414 e. The average molecular weight is 581 g/mol. The molecule has 216 valence electrons. The van der Waals surface area contributed by atoms with Gasteiger partial charge in [0, 0.05) is 12.1 Å². The lowest BCUT2D eigenvalue weighted by molar-refractivity contribution is -0.0383. The van der Waals surface area contributed by atoms with E-state index in [1.807, 2.05) is 16.7 Å². The molecule has 0 spiro atoms. The third-order valence-electron chi connectivity index (χ3n) is 8.79. The highest BCUT2D eigenvalue weighted by atomic mass is 28.4. The summed E-state index contributed by atoms with van der Waals surface area (Å²) in [7, 11) is -4.03. The van der Waals surface area contributed by atoms with Crippen LogP contribution >= 0.6 is 0 Å². The first kappa shape index (κ1) is 30.3. The molecule has 3 aromatic rings. The first-order chi connectivity index (χ1) is 18.5. The van der Waals surface area contributed by atoms with Crippen LogP contribution < -0.4 is 5.32 Å². The molecule has 1 fully saturated rings. The predicted octanol–water partition coefficient (Wildman–Crippen LogP) is 7.14. The summed E-state index contributed by atoms with van der Waals surface area (Å²) < 4.78 is 22.2. The summed E-state index contributed by atoms with van der Waals surface area (Å²) in [4.78, 5) is 13.7. The molecule has 11 heteroatoms. The number of anilines is 2. The van der Waals surface area contributed by atoms with Crippen molar-refractivity contribution >= 4 is 39.3 Å². The zero-order chi connectivity index (χ0) is 29.5. The smallest absolute Gasteiger partial charge is 0.192 e. The van der Waals surface area contributed by atoms with Gasteiger partial charge in [0.05, 0.1) is 30.7 Å². The number of nitriles is 1. The molecule has 0 unspecified atom stereocenters. The maximum Gasteiger partial charge on any atom is 0.192 e. The Bertz CT molecular complexity index is 1370. The molecule has 2 aromatic heterocycles. The van der Waals surface area contributed by atoms with Gasteiger partial charge in [-0.25, -0.2) is 15.0 Å². The Morgan fingerprint density at radius 2 is 1.65 bits per heavy atom. The van der Waals surface area contributed by atoms with Crippen molar-refractivity contribution in [1.82, 2.24) is 19.5 Å². The summed E-state index contributed by atoms with van der Waals surface area (Å²) in [6.45, 7) is 23.1. The zero-order valence-corrected chi connectivity index (χ0v) is 27.6. The van der Waals surface area contributed by atoms with Gasteiger partial charge >= 0.3 is 0 Å². The van der Waals surface area contributed by atoms with E-state index in [1.54, 1.807) is 18.5 Å². The predicted molar refractivity (Wildman–Crippen MR) is 164 cm³/mol. The van der Waals surface area contributed by atoms with Crippen molar-refractivity contribution in [2.45, 2.75) is 103 Å². The molecule has 0 bridgehead atoms. The Balaban J connectivity index is 1.60. The van der Waals surface area contributed by atoms with E-state index >= 15 is 0 Å². The second-order valence-electron chi connectivity index (χ2n) is 13.7. The highest BCUT2D eigenvalue weighted by Gasteiger charge is 2.46. The van der Waals surface area contributed by atoms with Crippen LogP contribution in [0.25, 0.3) is 11.2 Å². The van der Waals surface area contributed by atoms with Crippen LogP contribution in [-0.2, 0) is 13.6 Å². The minimum absolute atomic E-state index is 0.0802. The van der Waals surface area contributed by atoms with E-state index in [0.29, 0.717) is 35.6 Å². The number of aromatic nitrogens is 4. The van der Waals surface area contributed by atoms with Gasteiger partial charge in [-0.1, -0.05) is 41.5 Å². The lowest BCUT2D eigenvalue weighted by atomic mass is 10.2. The van der Waals surface area contributed by atoms with E-state index in [4.69, 9.17) is 18.9 Å². The second kappa shape index (κ2) is 11.0. The number of rotatable bonds is 8. The molecule has 0 amide bonds. The van der Waals surface area contributed by atoms with E-state index in [2.05, 4.69) is 94.1 Å². The Morgan fingerprint density at radius 1 is 1.00 bits per heavy atom. The molecule has 1 aromatic carbocycles. The van der Waals surface area contributed by atoms with Crippen molar-refractivity contribution in [3.63, 3.8) is 0 Å². The molecule has 9 nitrogen and oxygen atoms in total. The van der Waals surface area contributed by atoms with Crippen LogP contribution in [0.2, 0.25) is 36.3 Å². The van der Waals surface area contributed by atoms with Crippen LogP contribution in [0.3, 0.4) is 0 Å². The number of benzene rings is 1. The second-order valence-corrected chi connectivity index (χ2v) is 23.3. The summed E-state index contributed by atoms with van der Waals surface area (Å²) in [5.74, 6) is 0.596. The molecule has 1 aliphatic rings. The van der Waals surface area contributed by atoms with Crippen molar-refractivity contribution < 1.29 is 13.6 Å². The average Bonchev–Trinajstić information content (AvgIpc) is 3.46. The van der Waals surface area contributed by atoms with Gasteiger partial charge in [-0.3, -0.25) is 4.57 Å². The van der Waals surface area contributed by atoms with E-state index in [1.165, 1.54) is 6.33 Å². The van der Waals surface area contributed by atoms with Crippen LogP contribution in [0, 0.1) is 11.3 Å². The molecule has 3 heterocycles. The summed E-state index contributed by atoms with van der Waals surface area (Å²) in [5.41, 5.74) is 2.76. The van der Waals surface area contributed by atoms with Gasteiger partial charge in [0.15, 0.2) is 33.6 Å². The van der Waals surface area contributed by atoms with Crippen LogP contribution in [0.15, 0.2) is 36.9 Å². The lowest BCUT2D eigenvalue weighted by Crippen LogP contribution is -2.48. The zero-order valence-electron chi connectivity index (χ0n) is 25.6. The third-order valence-corrected chi connectivity index (χ3v) is 17.8. The number of imidazole rings is 1. The Morgan fingerprint density at radius 3 is 2.25 bits per heavy atom. The Kier molecular flexibility index (Phi) is 8.33. The molecule has 1 N–H and O–H groups in total. The molecule has 4 rings (SSSR count). The number of nitrogens with one attached hydrogen (secondary N) is 1. The summed E-state index contributed by atoms with van der Waals surface area (Å²) in [5, 5.41) is 12.6. The Labute approximate surface area is 240 Å². The highest BCUT2D eigenvalue weighted by Crippen LogP contribution is 2.43. The summed E-state index contributed by atoms with van der Waals surface area (Å²) >= 11 is 0. The minimum atomic E-state index is -2.06. The number of ether oxygens (including phenoxy) is 1. The first-order valence-corrected chi connectivity index (χ1v) is 19.8. The van der Waals surface area contributed by atoms with Gasteiger partial charge in [0.25, 0.3) is 0 Å². The molecular formula is C29H44N6O3Si2. The topological polar surface area (TPSA) is 107 Å². The van der Waals surface area contributed by atoms with Crippen LogP contribution in [0.5, 0.6) is 0 Å². The van der Waals surface area contributed by atoms with E-state index in [-0.39, 0.29) is 28.5 Å². The molecule has 1 saturated heterocycles. The van der Waals surface area contributed by atoms with Gasteiger partial charge in [0.1, 0.15) is 18.7 Å². The van der Waals surface area contributed by atoms with Crippen molar-refractivity contribution in [3.8, 4) is 6.07 Å². The third kappa shape index (κ3) is 6.31. The molecule has 40 heavy (non-hydrogen) atoms. The van der Waals surface area contributed by atoms with E-state index < -0.39 is 16.6 Å². The monoisotopic (exact) mass is 580 g/mol. The van der Waals surface area contributed by atoms with Crippen molar-refractivity contribution in [2.75, 3.05) is 11.9 Å². The van der Waals surface area contributed by atoms with Gasteiger partial charge < -0.3 is 18.9 Å². The fourth-order valence-corrected chi connectivity index (χ4v) is 6.50. The van der Waals surface area contributed by atoms with Crippen molar-refractivity contribution in [2.24, 2.45) is 0 Å². The number of fused-ring (bicyclic) bond motifs is 1. The summed E-state index contributed by atoms with van der Waals surface area (Å²) in [6.07, 6.45) is 3.42. The van der Waals surface area contributed by atoms with Gasteiger partial charge in [0.2, 0.25) is 0 Å². The molecular weight excluding hydrogens is 537 g/mol. The molecule has 1 aliphatic heterocycles. The molecule has 0 aliphatic carbocycles. The Hall–Kier alpha value is -2.63. The van der Waals surface area contributed by atoms with Crippen LogP contribution in [-0.4, -0.2) is 55.0 Å². The number of hydrogen-bond donors (Lipinski definition) is 1. The molecule has 3 atom stereocenters. The first-order valence-electron chi connectivity index (χ1n) is 13.9. The SMILES string of the molecule is CC(C)(C)[Si](C)(C)OC[C@H]1O[C@@H](n2cnc3c(Nc4ccc(C#N)cc4)ncnc32)C[C@@H]1O[Si](C)(C)C(C)(C)C. The maximum absolute atomic E-state index is 9.09. The van der Waals surface area contributed by atoms with E-state index in [0.717, 1.165) is 5.69 Å². The normalized spacial score (nSPS) is 20.6. The maximum atomic E-state index is 9.09. The fourth-order valence-electron chi connectivity index (χ4n) is 4.13.